The third-order valence-electron chi connectivity index (χ3n) is 6.29. The maximum absolute atomic E-state index is 13.1. The maximum Gasteiger partial charge on any atom is 0.253 e. The highest BCUT2D eigenvalue weighted by molar-refractivity contribution is 7.80. The van der Waals surface area contributed by atoms with Crippen molar-refractivity contribution < 1.29 is 9.47 Å². The molecule has 6 nitrogen and oxygen atoms in total. The maximum atomic E-state index is 13.1. The number of nitrogens with zero attached hydrogens (tertiary/aromatic N) is 1. The van der Waals surface area contributed by atoms with Crippen LogP contribution >= 0.6 is 12.2 Å². The van der Waals surface area contributed by atoms with Gasteiger partial charge in [-0.05, 0) is 62.3 Å². The first kappa shape index (κ1) is 23.9. The van der Waals surface area contributed by atoms with E-state index in [0.29, 0.717) is 48.5 Å². The molecule has 0 spiro atoms. The first-order chi connectivity index (χ1) is 17.4. The van der Waals surface area contributed by atoms with E-state index in [1.165, 1.54) is 16.7 Å². The molecule has 3 aromatic carbocycles. The van der Waals surface area contributed by atoms with Gasteiger partial charge in [-0.25, -0.2) is 0 Å². The molecule has 4 aromatic rings. The van der Waals surface area contributed by atoms with Crippen LogP contribution in [0.4, 0.5) is 5.69 Å². The van der Waals surface area contributed by atoms with Crippen LogP contribution in [0.15, 0.2) is 71.5 Å². The first-order valence-electron chi connectivity index (χ1n) is 12.1. The lowest BCUT2D eigenvalue weighted by Crippen LogP contribution is -2.37. The van der Waals surface area contributed by atoms with Gasteiger partial charge in [0, 0.05) is 29.2 Å². The van der Waals surface area contributed by atoms with E-state index in [0.717, 1.165) is 23.0 Å². The van der Waals surface area contributed by atoms with E-state index in [-0.39, 0.29) is 5.56 Å². The summed E-state index contributed by atoms with van der Waals surface area (Å²) in [5.41, 5.74) is 5.77. The van der Waals surface area contributed by atoms with Gasteiger partial charge in [-0.2, -0.15) is 0 Å². The monoisotopic (exact) mass is 499 g/mol. The Balaban J connectivity index is 1.42. The van der Waals surface area contributed by atoms with Crippen molar-refractivity contribution in [1.29, 1.82) is 0 Å². The molecule has 7 heteroatoms. The Morgan fingerprint density at radius 2 is 1.72 bits per heavy atom. The second kappa shape index (κ2) is 10.4. The van der Waals surface area contributed by atoms with Crippen LogP contribution in [0.1, 0.15) is 22.3 Å². The van der Waals surface area contributed by atoms with Gasteiger partial charge >= 0.3 is 0 Å². The molecule has 0 atom stereocenters. The highest BCUT2D eigenvalue weighted by atomic mass is 32.1. The quantitative estimate of drug-likeness (QED) is 0.348. The fourth-order valence-electron chi connectivity index (χ4n) is 4.33. The number of fused-ring (bicyclic) bond motifs is 2. The van der Waals surface area contributed by atoms with Gasteiger partial charge < -0.3 is 24.7 Å². The number of aromatic amines is 1. The van der Waals surface area contributed by atoms with Gasteiger partial charge in [-0.3, -0.25) is 4.79 Å². The molecule has 0 aliphatic carbocycles. The Kier molecular flexibility index (Phi) is 6.91. The minimum atomic E-state index is -0.141. The van der Waals surface area contributed by atoms with Crippen LogP contribution in [-0.2, 0) is 13.0 Å². The van der Waals surface area contributed by atoms with Crippen molar-refractivity contribution in [2.75, 3.05) is 25.1 Å². The fraction of sp³-hybridized carbons (Fsp3) is 0.241. The largest absolute Gasteiger partial charge is 0.486 e. The minimum absolute atomic E-state index is 0.141. The summed E-state index contributed by atoms with van der Waals surface area (Å²) >= 11 is 5.82. The lowest BCUT2D eigenvalue weighted by Gasteiger charge is -2.26. The standard InChI is InChI=1S/C29H29N3O3S/c1-19-6-8-24(9-7-19)30-29(36)32(11-10-21-5-3-4-20(2)14-21)18-23-15-22-16-26-27(35-13-12-34-26)17-25(22)31-28(23)33/h3-9,14-17H,10-13,18H2,1-2H3,(H,30,36)(H,31,33). The van der Waals surface area contributed by atoms with Crippen LogP contribution in [0, 0.1) is 13.8 Å². The van der Waals surface area contributed by atoms with Crippen LogP contribution in [0.5, 0.6) is 11.5 Å². The van der Waals surface area contributed by atoms with E-state index in [4.69, 9.17) is 21.7 Å². The SMILES string of the molecule is Cc1ccc(NC(=S)N(CCc2cccc(C)c2)Cc2cc3cc4c(cc3[nH]c2=O)OCCO4)cc1. The molecule has 2 N–H and O–H groups in total. The minimum Gasteiger partial charge on any atom is -0.486 e. The van der Waals surface area contributed by atoms with Crippen LogP contribution in [0.3, 0.4) is 0 Å². The number of hydrogen-bond donors (Lipinski definition) is 2. The van der Waals surface area contributed by atoms with Gasteiger partial charge in [0.25, 0.3) is 5.56 Å². The molecule has 0 radical (unpaired) electrons. The number of anilines is 1. The molecule has 184 valence electrons. The third kappa shape index (κ3) is 5.52. The Bertz CT molecular complexity index is 1460. The summed E-state index contributed by atoms with van der Waals surface area (Å²) < 4.78 is 11.4. The number of nitrogens with one attached hydrogen (secondary N) is 2. The summed E-state index contributed by atoms with van der Waals surface area (Å²) in [6, 6.07) is 22.2. The Morgan fingerprint density at radius 1 is 0.972 bits per heavy atom. The summed E-state index contributed by atoms with van der Waals surface area (Å²) in [5.74, 6) is 1.35. The first-order valence-corrected chi connectivity index (χ1v) is 12.5. The van der Waals surface area contributed by atoms with Crippen molar-refractivity contribution in [2.45, 2.75) is 26.8 Å². The number of thiocarbonyl (C=S) groups is 1. The number of ether oxygens (including phenoxy) is 2. The topological polar surface area (TPSA) is 66.6 Å². The summed E-state index contributed by atoms with van der Waals surface area (Å²) in [4.78, 5) is 18.1. The molecule has 1 aliphatic rings. The molecule has 0 saturated heterocycles. The molecule has 0 amide bonds. The van der Waals surface area contributed by atoms with E-state index >= 15 is 0 Å². The molecule has 36 heavy (non-hydrogen) atoms. The molecule has 0 fully saturated rings. The molecule has 1 aliphatic heterocycles. The average molecular weight is 500 g/mol. The van der Waals surface area contributed by atoms with E-state index in [1.54, 1.807) is 0 Å². The lowest BCUT2D eigenvalue weighted by molar-refractivity contribution is 0.172. The van der Waals surface area contributed by atoms with Crippen molar-refractivity contribution in [3.63, 3.8) is 0 Å². The average Bonchev–Trinajstić information content (AvgIpc) is 2.87. The molecule has 0 bridgehead atoms. The van der Waals surface area contributed by atoms with Gasteiger partial charge in [0.2, 0.25) is 0 Å². The predicted molar refractivity (Wildman–Crippen MR) is 148 cm³/mol. The van der Waals surface area contributed by atoms with Gasteiger partial charge in [-0.1, -0.05) is 47.5 Å². The normalized spacial score (nSPS) is 12.4. The molecule has 5 rings (SSSR count). The molecular weight excluding hydrogens is 470 g/mol. The van der Waals surface area contributed by atoms with E-state index in [9.17, 15) is 4.79 Å². The lowest BCUT2D eigenvalue weighted by atomic mass is 10.1. The van der Waals surface area contributed by atoms with Crippen LogP contribution < -0.4 is 20.3 Å². The van der Waals surface area contributed by atoms with Crippen LogP contribution in [0.2, 0.25) is 0 Å². The Morgan fingerprint density at radius 3 is 2.47 bits per heavy atom. The van der Waals surface area contributed by atoms with Crippen molar-refractivity contribution in [2.24, 2.45) is 0 Å². The molecule has 1 aromatic heterocycles. The van der Waals surface area contributed by atoms with Crippen LogP contribution in [0.25, 0.3) is 10.9 Å². The van der Waals surface area contributed by atoms with Crippen molar-refractivity contribution in [1.82, 2.24) is 9.88 Å². The smallest absolute Gasteiger partial charge is 0.253 e. The summed E-state index contributed by atoms with van der Waals surface area (Å²) in [5, 5.41) is 4.81. The molecule has 0 unspecified atom stereocenters. The number of aryl methyl sites for hydroxylation is 2. The number of H-pyrrole nitrogens is 1. The summed E-state index contributed by atoms with van der Waals surface area (Å²) in [6.07, 6.45) is 0.807. The predicted octanol–water partition coefficient (Wildman–Crippen LogP) is 5.36. The van der Waals surface area contributed by atoms with Gasteiger partial charge in [0.1, 0.15) is 13.2 Å². The number of pyridine rings is 1. The van der Waals surface area contributed by atoms with Crippen molar-refractivity contribution in [3.05, 3.63) is 99.3 Å². The van der Waals surface area contributed by atoms with E-state index in [2.05, 4.69) is 48.4 Å². The number of benzene rings is 3. The second-order valence-corrected chi connectivity index (χ2v) is 9.55. The Hall–Kier alpha value is -3.84. The van der Waals surface area contributed by atoms with E-state index in [1.807, 2.05) is 47.4 Å². The van der Waals surface area contributed by atoms with Gasteiger partial charge in [-0.15, -0.1) is 0 Å². The second-order valence-electron chi connectivity index (χ2n) is 9.16. The Labute approximate surface area is 215 Å². The zero-order chi connectivity index (χ0) is 25.1. The zero-order valence-electron chi connectivity index (χ0n) is 20.5. The summed E-state index contributed by atoms with van der Waals surface area (Å²) in [7, 11) is 0. The van der Waals surface area contributed by atoms with Crippen LogP contribution in [-0.4, -0.2) is 34.8 Å². The number of aromatic nitrogens is 1. The molecule has 0 saturated carbocycles. The third-order valence-corrected chi connectivity index (χ3v) is 6.65. The number of rotatable bonds is 6. The van der Waals surface area contributed by atoms with Gasteiger partial charge in [0.05, 0.1) is 12.1 Å². The number of hydrogen-bond acceptors (Lipinski definition) is 4. The highest BCUT2D eigenvalue weighted by Gasteiger charge is 2.17. The fourth-order valence-corrected chi connectivity index (χ4v) is 4.61. The van der Waals surface area contributed by atoms with Gasteiger partial charge in [0.15, 0.2) is 16.6 Å². The van der Waals surface area contributed by atoms with Crippen molar-refractivity contribution >= 4 is 33.9 Å². The van der Waals surface area contributed by atoms with E-state index < -0.39 is 0 Å². The highest BCUT2D eigenvalue weighted by Crippen LogP contribution is 2.33. The molecule has 2 heterocycles. The summed E-state index contributed by atoms with van der Waals surface area (Å²) in [6.45, 7) is 6.20. The van der Waals surface area contributed by atoms with Crippen molar-refractivity contribution in [3.8, 4) is 11.5 Å². The zero-order valence-corrected chi connectivity index (χ0v) is 21.3. The molecular formula is C29H29N3O3S.